The van der Waals surface area contributed by atoms with E-state index < -0.39 is 0 Å². The highest BCUT2D eigenvalue weighted by molar-refractivity contribution is 7.98. The van der Waals surface area contributed by atoms with E-state index in [1.165, 1.54) is 11.8 Å². The minimum Gasteiger partial charge on any atom is -0.348 e. The second-order valence-corrected chi connectivity index (χ2v) is 6.79. The van der Waals surface area contributed by atoms with E-state index in [9.17, 15) is 4.79 Å². The molecule has 0 radical (unpaired) electrons. The molecule has 1 amide bonds. The number of amides is 1. The van der Waals surface area contributed by atoms with Gasteiger partial charge in [0.2, 0.25) is 5.89 Å². The van der Waals surface area contributed by atoms with Crippen LogP contribution in [0.4, 0.5) is 0 Å². The molecule has 25 heavy (non-hydrogen) atoms. The molecule has 0 spiro atoms. The van der Waals surface area contributed by atoms with Crippen LogP contribution in [0.1, 0.15) is 27.6 Å². The van der Waals surface area contributed by atoms with Gasteiger partial charge in [-0.15, -0.1) is 11.8 Å². The molecule has 3 aromatic rings. The van der Waals surface area contributed by atoms with Crippen LogP contribution in [0, 0.1) is 6.92 Å². The highest BCUT2D eigenvalue weighted by atomic mass is 35.5. The Morgan fingerprint density at radius 2 is 2.08 bits per heavy atom. The quantitative estimate of drug-likeness (QED) is 0.654. The maximum absolute atomic E-state index is 12.5. The van der Waals surface area contributed by atoms with Crippen molar-refractivity contribution in [1.82, 2.24) is 15.5 Å². The molecule has 2 aromatic carbocycles. The zero-order chi connectivity index (χ0) is 17.6. The van der Waals surface area contributed by atoms with Crippen LogP contribution in [-0.4, -0.2) is 16.0 Å². The minimum atomic E-state index is -0.134. The molecule has 0 atom stereocenters. The van der Waals surface area contributed by atoms with Gasteiger partial charge in [0.05, 0.1) is 11.3 Å². The van der Waals surface area contributed by atoms with Gasteiger partial charge in [-0.2, -0.15) is 4.98 Å². The molecule has 5 nitrogen and oxygen atoms in total. The Hall–Kier alpha value is -2.31. The molecule has 1 N–H and O–H groups in total. The second-order valence-electron chi connectivity index (χ2n) is 5.33. The van der Waals surface area contributed by atoms with Crippen LogP contribution in [-0.2, 0) is 12.3 Å². The third-order valence-corrected chi connectivity index (χ3v) is 4.69. The van der Waals surface area contributed by atoms with Gasteiger partial charge in [0.15, 0.2) is 5.82 Å². The molecule has 3 rings (SSSR count). The molecule has 0 bridgehead atoms. The molecule has 7 heteroatoms. The Bertz CT molecular complexity index is 882. The Morgan fingerprint density at radius 3 is 2.84 bits per heavy atom. The first-order valence-electron chi connectivity index (χ1n) is 7.65. The molecule has 1 aromatic heterocycles. The first-order valence-corrected chi connectivity index (χ1v) is 9.02. The lowest BCUT2D eigenvalue weighted by molar-refractivity contribution is 0.0948. The Kier molecular flexibility index (Phi) is 5.73. The molecule has 0 saturated carbocycles. The number of halogens is 1. The highest BCUT2D eigenvalue weighted by Crippen LogP contribution is 2.26. The molecule has 1 heterocycles. The molecule has 0 fully saturated rings. The number of aryl methyl sites for hydroxylation is 1. The number of carbonyl (C=O) groups is 1. The van der Waals surface area contributed by atoms with E-state index >= 15 is 0 Å². The van der Waals surface area contributed by atoms with Crippen molar-refractivity contribution in [2.45, 2.75) is 24.1 Å². The number of nitrogens with zero attached hydrogens (tertiary/aromatic N) is 2. The van der Waals surface area contributed by atoms with Crippen molar-refractivity contribution in [2.75, 3.05) is 0 Å². The van der Waals surface area contributed by atoms with Crippen LogP contribution in [0.25, 0.3) is 0 Å². The molecule has 0 aliphatic rings. The maximum atomic E-state index is 12.5. The number of hydrogen-bond donors (Lipinski definition) is 1. The number of rotatable bonds is 6. The number of benzene rings is 2. The standard InChI is InChI=1S/C18H16ClN3O2S/c1-12-21-17(24-22-12)11-25-16-8-3-2-7-15(16)18(23)20-10-13-5-4-6-14(19)9-13/h2-9H,10-11H2,1H3,(H,20,23). The predicted molar refractivity (Wildman–Crippen MR) is 97.7 cm³/mol. The number of carbonyl (C=O) groups excluding carboxylic acids is 1. The van der Waals surface area contributed by atoms with Gasteiger partial charge in [0.25, 0.3) is 5.91 Å². The van der Waals surface area contributed by atoms with Crippen LogP contribution >= 0.6 is 23.4 Å². The molecule has 0 saturated heterocycles. The summed E-state index contributed by atoms with van der Waals surface area (Å²) in [5.41, 5.74) is 1.57. The Labute approximate surface area is 154 Å². The predicted octanol–water partition coefficient (Wildman–Crippen LogP) is 4.25. The topological polar surface area (TPSA) is 68.0 Å². The van der Waals surface area contributed by atoms with Gasteiger partial charge in [-0.25, -0.2) is 0 Å². The van der Waals surface area contributed by atoms with Crippen LogP contribution in [0.3, 0.4) is 0 Å². The molecular formula is C18H16ClN3O2S. The van der Waals surface area contributed by atoms with Crippen LogP contribution < -0.4 is 5.32 Å². The average molecular weight is 374 g/mol. The summed E-state index contributed by atoms with van der Waals surface area (Å²) in [5.74, 6) is 1.52. The van der Waals surface area contributed by atoms with Gasteiger partial charge < -0.3 is 9.84 Å². The number of thioether (sulfide) groups is 1. The van der Waals surface area contributed by atoms with Crippen molar-refractivity contribution >= 4 is 29.3 Å². The molecule has 0 aliphatic carbocycles. The fourth-order valence-electron chi connectivity index (χ4n) is 2.24. The van der Waals surface area contributed by atoms with Gasteiger partial charge in [-0.3, -0.25) is 4.79 Å². The number of hydrogen-bond acceptors (Lipinski definition) is 5. The third kappa shape index (κ3) is 4.84. The molecular weight excluding hydrogens is 358 g/mol. The van der Waals surface area contributed by atoms with Crippen molar-refractivity contribution in [3.63, 3.8) is 0 Å². The van der Waals surface area contributed by atoms with Crippen molar-refractivity contribution in [2.24, 2.45) is 0 Å². The summed E-state index contributed by atoms with van der Waals surface area (Å²) in [6.07, 6.45) is 0. The van der Waals surface area contributed by atoms with Gasteiger partial charge in [0, 0.05) is 16.5 Å². The van der Waals surface area contributed by atoms with Crippen LogP contribution in [0.15, 0.2) is 57.9 Å². The summed E-state index contributed by atoms with van der Waals surface area (Å²) in [6, 6.07) is 14.9. The van der Waals surface area contributed by atoms with Gasteiger partial charge in [-0.05, 0) is 36.8 Å². The summed E-state index contributed by atoms with van der Waals surface area (Å²) in [7, 11) is 0. The van der Waals surface area contributed by atoms with Crippen molar-refractivity contribution < 1.29 is 9.32 Å². The summed E-state index contributed by atoms with van der Waals surface area (Å²) in [4.78, 5) is 17.6. The summed E-state index contributed by atoms with van der Waals surface area (Å²) >= 11 is 7.46. The van der Waals surface area contributed by atoms with Crippen LogP contribution in [0.2, 0.25) is 5.02 Å². The first-order chi connectivity index (χ1) is 12.1. The third-order valence-electron chi connectivity index (χ3n) is 3.39. The summed E-state index contributed by atoms with van der Waals surface area (Å²) in [5, 5.41) is 7.34. The van der Waals surface area contributed by atoms with E-state index in [1.54, 1.807) is 19.1 Å². The first kappa shape index (κ1) is 17.5. The van der Waals surface area contributed by atoms with E-state index in [4.69, 9.17) is 16.1 Å². The number of aromatic nitrogens is 2. The lowest BCUT2D eigenvalue weighted by Gasteiger charge is -2.09. The Morgan fingerprint density at radius 1 is 1.24 bits per heavy atom. The summed E-state index contributed by atoms with van der Waals surface area (Å²) < 4.78 is 5.11. The van der Waals surface area contributed by atoms with E-state index in [-0.39, 0.29) is 5.91 Å². The summed E-state index contributed by atoms with van der Waals surface area (Å²) in [6.45, 7) is 2.19. The number of nitrogens with one attached hydrogen (secondary N) is 1. The van der Waals surface area contributed by atoms with E-state index in [2.05, 4.69) is 15.5 Å². The van der Waals surface area contributed by atoms with Crippen LogP contribution in [0.5, 0.6) is 0 Å². The van der Waals surface area contributed by atoms with Gasteiger partial charge in [0.1, 0.15) is 0 Å². The fraction of sp³-hybridized carbons (Fsp3) is 0.167. The lowest BCUT2D eigenvalue weighted by Crippen LogP contribution is -2.23. The lowest BCUT2D eigenvalue weighted by atomic mass is 10.2. The van der Waals surface area contributed by atoms with Gasteiger partial charge in [-0.1, -0.05) is 41.0 Å². The molecule has 0 unspecified atom stereocenters. The highest BCUT2D eigenvalue weighted by Gasteiger charge is 2.13. The van der Waals surface area contributed by atoms with Crippen molar-refractivity contribution in [3.8, 4) is 0 Å². The van der Waals surface area contributed by atoms with Gasteiger partial charge >= 0.3 is 0 Å². The minimum absolute atomic E-state index is 0.134. The molecule has 0 aliphatic heterocycles. The van der Waals surface area contributed by atoms with E-state index in [1.807, 2.05) is 36.4 Å². The SMILES string of the molecule is Cc1noc(CSc2ccccc2C(=O)NCc2cccc(Cl)c2)n1. The Balaban J connectivity index is 1.65. The molecule has 128 valence electrons. The zero-order valence-corrected chi connectivity index (χ0v) is 15.1. The van der Waals surface area contributed by atoms with E-state index in [0.29, 0.717) is 34.6 Å². The largest absolute Gasteiger partial charge is 0.348 e. The average Bonchev–Trinajstić information content (AvgIpc) is 3.03. The monoisotopic (exact) mass is 373 g/mol. The normalized spacial score (nSPS) is 10.6. The smallest absolute Gasteiger partial charge is 0.252 e. The maximum Gasteiger partial charge on any atom is 0.252 e. The second kappa shape index (κ2) is 8.18. The van der Waals surface area contributed by atoms with Crippen molar-refractivity contribution in [1.29, 1.82) is 0 Å². The van der Waals surface area contributed by atoms with E-state index in [0.717, 1.165) is 10.5 Å². The fourth-order valence-corrected chi connectivity index (χ4v) is 3.34. The van der Waals surface area contributed by atoms with Crippen molar-refractivity contribution in [3.05, 3.63) is 76.4 Å². The zero-order valence-electron chi connectivity index (χ0n) is 13.5.